The van der Waals surface area contributed by atoms with E-state index in [9.17, 15) is 13.6 Å². The number of imidazole rings is 1. The maximum absolute atomic E-state index is 12.7. The van der Waals surface area contributed by atoms with Crippen molar-refractivity contribution in [2.45, 2.75) is 32.4 Å². The van der Waals surface area contributed by atoms with Crippen molar-refractivity contribution in [2.75, 3.05) is 0 Å². The van der Waals surface area contributed by atoms with Crippen LogP contribution in [0, 0.1) is 0 Å². The van der Waals surface area contributed by atoms with Crippen molar-refractivity contribution in [1.29, 1.82) is 0 Å². The van der Waals surface area contributed by atoms with Crippen LogP contribution >= 0.6 is 0 Å². The zero-order chi connectivity index (χ0) is 14.8. The number of rotatable bonds is 4. The zero-order valence-corrected chi connectivity index (χ0v) is 11.3. The first kappa shape index (κ1) is 13.7. The molecule has 1 aliphatic rings. The van der Waals surface area contributed by atoms with Gasteiger partial charge < -0.3 is 4.74 Å². The minimum atomic E-state index is -2.64. The van der Waals surface area contributed by atoms with Crippen LogP contribution < -0.4 is 4.74 Å². The molecule has 0 radical (unpaired) electrons. The Hall–Kier alpha value is -2.24. The lowest BCUT2D eigenvalue weighted by Crippen LogP contribution is -2.13. The van der Waals surface area contributed by atoms with Gasteiger partial charge in [-0.2, -0.15) is 8.78 Å². The van der Waals surface area contributed by atoms with Crippen LogP contribution in [0.3, 0.4) is 0 Å². The molecule has 110 valence electrons. The maximum atomic E-state index is 12.7. The average molecular weight is 292 g/mol. The van der Waals surface area contributed by atoms with E-state index in [1.165, 1.54) is 12.4 Å². The van der Waals surface area contributed by atoms with Crippen LogP contribution in [0.15, 0.2) is 30.6 Å². The number of benzene rings is 1. The molecule has 0 amide bonds. The second-order valence-corrected chi connectivity index (χ2v) is 4.88. The normalized spacial score (nSPS) is 14.3. The minimum absolute atomic E-state index is 0.0536. The second-order valence-electron chi connectivity index (χ2n) is 4.88. The van der Waals surface area contributed by atoms with Crippen LogP contribution in [0.25, 0.3) is 0 Å². The number of carbonyl (C=O) groups excluding carboxylic acids is 1. The van der Waals surface area contributed by atoms with Gasteiger partial charge in [0.25, 0.3) is 0 Å². The number of ether oxygens (including phenoxy) is 1. The second kappa shape index (κ2) is 5.63. The Morgan fingerprint density at radius 1 is 1.33 bits per heavy atom. The molecule has 0 N–H and O–H groups in total. The molecule has 1 aliphatic carbocycles. The number of aromatic nitrogens is 2. The molecule has 3 rings (SSSR count). The highest BCUT2D eigenvalue weighted by Crippen LogP contribution is 2.30. The standard InChI is InChI=1S/C15H14F2N2O2/c16-15(17)19-8-7-18-14(19)9-21-13-6-2-3-10-11(13)4-1-5-12(10)20/h2-3,6-8,15H,1,4-5,9H2. The molecule has 0 bridgehead atoms. The molecule has 1 aromatic carbocycles. The highest BCUT2D eigenvalue weighted by Gasteiger charge is 2.20. The molecule has 0 aliphatic heterocycles. The van der Waals surface area contributed by atoms with Gasteiger partial charge in [-0.3, -0.25) is 9.36 Å². The number of fused-ring (bicyclic) bond motifs is 1. The summed E-state index contributed by atoms with van der Waals surface area (Å²) in [7, 11) is 0. The van der Waals surface area contributed by atoms with Crippen molar-refractivity contribution in [3.05, 3.63) is 47.5 Å². The van der Waals surface area contributed by atoms with Crippen molar-refractivity contribution in [1.82, 2.24) is 9.55 Å². The quantitative estimate of drug-likeness (QED) is 0.867. The summed E-state index contributed by atoms with van der Waals surface area (Å²) in [5.41, 5.74) is 1.54. The van der Waals surface area contributed by atoms with E-state index in [0.29, 0.717) is 17.7 Å². The Balaban J connectivity index is 1.81. The number of alkyl halides is 2. The Bertz CT molecular complexity index is 667. The summed E-state index contributed by atoms with van der Waals surface area (Å²) in [5, 5.41) is 0. The van der Waals surface area contributed by atoms with Gasteiger partial charge in [0.05, 0.1) is 0 Å². The number of carbonyl (C=O) groups is 1. The molecule has 6 heteroatoms. The summed E-state index contributed by atoms with van der Waals surface area (Å²) in [5.74, 6) is 0.838. The van der Waals surface area contributed by atoms with Gasteiger partial charge in [-0.1, -0.05) is 12.1 Å². The Kier molecular flexibility index (Phi) is 3.68. The largest absolute Gasteiger partial charge is 0.485 e. The highest BCUT2D eigenvalue weighted by atomic mass is 19.3. The molecule has 0 atom stereocenters. The number of halogens is 2. The Morgan fingerprint density at radius 3 is 3.00 bits per heavy atom. The van der Waals surface area contributed by atoms with E-state index in [-0.39, 0.29) is 18.2 Å². The van der Waals surface area contributed by atoms with Gasteiger partial charge in [-0.25, -0.2) is 4.98 Å². The first-order valence-electron chi connectivity index (χ1n) is 6.74. The third-order valence-electron chi connectivity index (χ3n) is 3.58. The van der Waals surface area contributed by atoms with Gasteiger partial charge in [-0.15, -0.1) is 0 Å². The number of nitrogens with zero attached hydrogens (tertiary/aromatic N) is 2. The van der Waals surface area contributed by atoms with E-state index in [1.54, 1.807) is 18.2 Å². The third kappa shape index (κ3) is 2.66. The molecule has 0 unspecified atom stereocenters. The Morgan fingerprint density at radius 2 is 2.19 bits per heavy atom. The van der Waals surface area contributed by atoms with Crippen LogP contribution in [0.1, 0.15) is 41.1 Å². The molecular formula is C15H14F2N2O2. The zero-order valence-electron chi connectivity index (χ0n) is 11.3. The van der Waals surface area contributed by atoms with Crippen molar-refractivity contribution in [3.63, 3.8) is 0 Å². The number of ketones is 1. The van der Waals surface area contributed by atoms with E-state index in [0.717, 1.165) is 23.0 Å². The first-order valence-corrected chi connectivity index (χ1v) is 6.74. The SMILES string of the molecule is O=C1CCCc2c(OCc3nccn3C(F)F)cccc21. The van der Waals surface area contributed by atoms with E-state index < -0.39 is 6.55 Å². The smallest absolute Gasteiger partial charge is 0.320 e. The Labute approximate surface area is 120 Å². The summed E-state index contributed by atoms with van der Waals surface area (Å²) in [6, 6.07) is 5.29. The van der Waals surface area contributed by atoms with Gasteiger partial charge in [0.15, 0.2) is 11.6 Å². The van der Waals surface area contributed by atoms with E-state index in [4.69, 9.17) is 4.74 Å². The number of hydrogen-bond acceptors (Lipinski definition) is 3. The van der Waals surface area contributed by atoms with Crippen LogP contribution in [0.4, 0.5) is 8.78 Å². The summed E-state index contributed by atoms with van der Waals surface area (Å²) < 4.78 is 31.9. The van der Waals surface area contributed by atoms with Crippen LogP contribution in [-0.4, -0.2) is 15.3 Å². The molecule has 4 nitrogen and oxygen atoms in total. The van der Waals surface area contributed by atoms with Crippen molar-refractivity contribution < 1.29 is 18.3 Å². The predicted molar refractivity (Wildman–Crippen MR) is 71.5 cm³/mol. The fourth-order valence-corrected chi connectivity index (χ4v) is 2.56. The lowest BCUT2D eigenvalue weighted by atomic mass is 9.90. The van der Waals surface area contributed by atoms with Crippen LogP contribution in [0.5, 0.6) is 5.75 Å². The molecular weight excluding hydrogens is 278 g/mol. The monoisotopic (exact) mass is 292 g/mol. The molecule has 0 saturated heterocycles. The van der Waals surface area contributed by atoms with Gasteiger partial charge in [0.1, 0.15) is 12.4 Å². The summed E-state index contributed by atoms with van der Waals surface area (Å²) in [6.45, 7) is -2.69. The van der Waals surface area contributed by atoms with Gasteiger partial charge in [-0.05, 0) is 18.9 Å². The van der Waals surface area contributed by atoms with Crippen molar-refractivity contribution in [3.8, 4) is 5.75 Å². The minimum Gasteiger partial charge on any atom is -0.485 e. The summed E-state index contributed by atoms with van der Waals surface area (Å²) in [6.07, 6.45) is 4.63. The molecule has 0 fully saturated rings. The lowest BCUT2D eigenvalue weighted by molar-refractivity contribution is 0.0632. The number of Topliss-reactive ketones (excluding diaryl/α,β-unsaturated/α-hetero) is 1. The molecule has 1 heterocycles. The van der Waals surface area contributed by atoms with Crippen molar-refractivity contribution in [2.24, 2.45) is 0 Å². The van der Waals surface area contributed by atoms with E-state index in [1.807, 2.05) is 0 Å². The van der Waals surface area contributed by atoms with Gasteiger partial charge in [0, 0.05) is 29.9 Å². The fourth-order valence-electron chi connectivity index (χ4n) is 2.56. The van der Waals surface area contributed by atoms with Crippen molar-refractivity contribution >= 4 is 5.78 Å². The van der Waals surface area contributed by atoms with Gasteiger partial charge in [0.2, 0.25) is 0 Å². The van der Waals surface area contributed by atoms with Crippen LogP contribution in [0.2, 0.25) is 0 Å². The maximum Gasteiger partial charge on any atom is 0.320 e. The first-order chi connectivity index (χ1) is 10.2. The van der Waals surface area contributed by atoms with E-state index >= 15 is 0 Å². The average Bonchev–Trinajstić information content (AvgIpc) is 2.94. The molecule has 21 heavy (non-hydrogen) atoms. The molecule has 1 aromatic heterocycles. The summed E-state index contributed by atoms with van der Waals surface area (Å²) >= 11 is 0. The number of hydrogen-bond donors (Lipinski definition) is 0. The third-order valence-corrected chi connectivity index (χ3v) is 3.58. The predicted octanol–water partition coefficient (Wildman–Crippen LogP) is 3.38. The highest BCUT2D eigenvalue weighted by molar-refractivity contribution is 5.99. The fraction of sp³-hybridized carbons (Fsp3) is 0.333. The van der Waals surface area contributed by atoms with Gasteiger partial charge >= 0.3 is 6.55 Å². The molecule has 0 spiro atoms. The van der Waals surface area contributed by atoms with Crippen LogP contribution in [-0.2, 0) is 13.0 Å². The topological polar surface area (TPSA) is 44.1 Å². The molecule has 2 aromatic rings. The van der Waals surface area contributed by atoms with E-state index in [2.05, 4.69) is 4.98 Å². The summed E-state index contributed by atoms with van der Waals surface area (Å²) in [4.78, 5) is 15.7. The molecule has 0 saturated carbocycles. The lowest BCUT2D eigenvalue weighted by Gasteiger charge is -2.18.